The molecule has 5 nitrogen and oxygen atoms in total. The number of fused-ring (bicyclic) bond motifs is 3. The van der Waals surface area contributed by atoms with Crippen LogP contribution in [0, 0.1) is 11.8 Å². The molecule has 164 valence electrons. The number of hydrogen-bond acceptors (Lipinski definition) is 5. The second-order valence-electron chi connectivity index (χ2n) is 7.91. The lowest BCUT2D eigenvalue weighted by atomic mass is 9.76. The molecule has 0 bridgehead atoms. The summed E-state index contributed by atoms with van der Waals surface area (Å²) < 4.78 is 57.0. The molecule has 1 fully saturated rings. The predicted molar refractivity (Wildman–Crippen MR) is 110 cm³/mol. The summed E-state index contributed by atoms with van der Waals surface area (Å²) in [5, 5.41) is 0. The highest BCUT2D eigenvalue weighted by atomic mass is 79.9. The fourth-order valence-electron chi connectivity index (χ4n) is 4.65. The van der Waals surface area contributed by atoms with Crippen LogP contribution in [0.3, 0.4) is 0 Å². The number of alkyl halides is 2. The van der Waals surface area contributed by atoms with Gasteiger partial charge in [-0.1, -0.05) is 6.08 Å². The van der Waals surface area contributed by atoms with Crippen LogP contribution >= 0.6 is 15.9 Å². The van der Waals surface area contributed by atoms with E-state index in [1.807, 2.05) is 24.3 Å². The fraction of sp³-hybridized carbons (Fsp3) is 0.545. The lowest BCUT2D eigenvalue weighted by Crippen LogP contribution is -2.39. The van der Waals surface area contributed by atoms with E-state index in [-0.39, 0.29) is 50.3 Å². The van der Waals surface area contributed by atoms with Gasteiger partial charge in [0.2, 0.25) is 5.92 Å². The van der Waals surface area contributed by atoms with E-state index in [0.717, 1.165) is 11.3 Å². The topological polar surface area (TPSA) is 46.2 Å². The SMILES string of the molecule is COCOC1=CCC([C@@H]2Oc3c(Br)cc(OCOC)cc3[C@@H]3CC(F)(F)C[C@@H]32)C=C1. The van der Waals surface area contributed by atoms with Gasteiger partial charge in [-0.3, -0.25) is 0 Å². The Balaban J connectivity index is 1.61. The van der Waals surface area contributed by atoms with E-state index in [4.69, 9.17) is 23.7 Å². The zero-order valence-corrected chi connectivity index (χ0v) is 18.5. The third kappa shape index (κ3) is 4.36. The highest BCUT2D eigenvalue weighted by Gasteiger charge is 2.54. The van der Waals surface area contributed by atoms with Crippen molar-refractivity contribution in [1.29, 1.82) is 0 Å². The Kier molecular flexibility index (Phi) is 6.36. The van der Waals surface area contributed by atoms with E-state index in [1.165, 1.54) is 7.11 Å². The van der Waals surface area contributed by atoms with Crippen LogP contribution in [0.2, 0.25) is 0 Å². The van der Waals surface area contributed by atoms with E-state index in [0.29, 0.717) is 22.4 Å². The van der Waals surface area contributed by atoms with Crippen molar-refractivity contribution in [3.05, 3.63) is 46.2 Å². The van der Waals surface area contributed by atoms with E-state index < -0.39 is 5.92 Å². The standard InChI is InChI=1S/C22H25BrF2O5/c1-26-11-28-14-5-3-13(4-6-14)20-18-10-22(24,25)9-17(18)16-7-15(29-12-27-2)8-19(23)21(16)30-20/h3,5-8,13,17-18,20H,4,9-12H2,1-2H3/t13?,17-,18-,20-/m0/s1. The Morgan fingerprint density at radius 2 is 1.90 bits per heavy atom. The summed E-state index contributed by atoms with van der Waals surface area (Å²) in [6.45, 7) is 0.261. The van der Waals surface area contributed by atoms with Crippen molar-refractivity contribution < 1.29 is 32.5 Å². The van der Waals surface area contributed by atoms with E-state index in [2.05, 4.69) is 15.9 Å². The highest BCUT2D eigenvalue weighted by Crippen LogP contribution is 2.58. The van der Waals surface area contributed by atoms with Crippen LogP contribution < -0.4 is 9.47 Å². The highest BCUT2D eigenvalue weighted by molar-refractivity contribution is 9.10. The van der Waals surface area contributed by atoms with Crippen LogP contribution in [0.1, 0.15) is 30.7 Å². The maximum absolute atomic E-state index is 14.5. The molecule has 8 heteroatoms. The first kappa shape index (κ1) is 21.6. The monoisotopic (exact) mass is 486 g/mol. The maximum Gasteiger partial charge on any atom is 0.249 e. The molecule has 0 saturated heterocycles. The Morgan fingerprint density at radius 1 is 1.13 bits per heavy atom. The van der Waals surface area contributed by atoms with Crippen molar-refractivity contribution in [2.24, 2.45) is 11.8 Å². The predicted octanol–water partition coefficient (Wildman–Crippen LogP) is 5.40. The van der Waals surface area contributed by atoms with E-state index in [9.17, 15) is 8.78 Å². The molecule has 4 rings (SSSR count). The molecule has 0 radical (unpaired) electrons. The summed E-state index contributed by atoms with van der Waals surface area (Å²) in [6, 6.07) is 3.59. The smallest absolute Gasteiger partial charge is 0.249 e. The van der Waals surface area contributed by atoms with Gasteiger partial charge in [0.15, 0.2) is 13.6 Å². The Labute approximate surface area is 183 Å². The summed E-state index contributed by atoms with van der Waals surface area (Å²) in [5.74, 6) is -1.37. The van der Waals surface area contributed by atoms with Crippen molar-refractivity contribution in [2.45, 2.75) is 37.2 Å². The molecule has 0 amide bonds. The number of benzene rings is 1. The molecular weight excluding hydrogens is 462 g/mol. The molecule has 2 aliphatic carbocycles. The Hall–Kier alpha value is -1.64. The summed E-state index contributed by atoms with van der Waals surface area (Å²) in [7, 11) is 3.10. The molecule has 1 aliphatic heterocycles. The van der Waals surface area contributed by atoms with Gasteiger partial charge in [0, 0.05) is 44.5 Å². The lowest BCUT2D eigenvalue weighted by Gasteiger charge is -2.40. The van der Waals surface area contributed by atoms with Gasteiger partial charge in [0.1, 0.15) is 23.4 Å². The van der Waals surface area contributed by atoms with Crippen molar-refractivity contribution in [1.82, 2.24) is 0 Å². The number of halogens is 3. The second-order valence-corrected chi connectivity index (χ2v) is 8.76. The van der Waals surface area contributed by atoms with Crippen LogP contribution in [0.15, 0.2) is 40.6 Å². The number of ether oxygens (including phenoxy) is 5. The minimum atomic E-state index is -2.71. The van der Waals surface area contributed by atoms with Gasteiger partial charge < -0.3 is 23.7 Å². The molecule has 1 aromatic rings. The van der Waals surface area contributed by atoms with Crippen LogP contribution in [-0.2, 0) is 14.2 Å². The summed E-state index contributed by atoms with van der Waals surface area (Å²) >= 11 is 3.54. The van der Waals surface area contributed by atoms with Gasteiger partial charge in [-0.25, -0.2) is 8.78 Å². The fourth-order valence-corrected chi connectivity index (χ4v) is 5.20. The van der Waals surface area contributed by atoms with Gasteiger partial charge in [0.25, 0.3) is 0 Å². The average molecular weight is 487 g/mol. The molecule has 0 spiro atoms. The van der Waals surface area contributed by atoms with Crippen molar-refractivity contribution in [2.75, 3.05) is 27.8 Å². The van der Waals surface area contributed by atoms with Gasteiger partial charge in [0.05, 0.1) is 4.47 Å². The Bertz CT molecular complexity index is 841. The summed E-state index contributed by atoms with van der Waals surface area (Å²) in [5.41, 5.74) is 0.772. The first-order chi connectivity index (χ1) is 14.4. The zero-order valence-electron chi connectivity index (χ0n) is 16.9. The largest absolute Gasteiger partial charge is 0.488 e. The van der Waals surface area contributed by atoms with Crippen LogP contribution in [0.4, 0.5) is 8.78 Å². The van der Waals surface area contributed by atoms with Gasteiger partial charge >= 0.3 is 0 Å². The second kappa shape index (κ2) is 8.85. The first-order valence-electron chi connectivity index (χ1n) is 9.91. The molecule has 1 saturated carbocycles. The quantitative estimate of drug-likeness (QED) is 0.482. The summed E-state index contributed by atoms with van der Waals surface area (Å²) in [6.07, 6.45) is 5.79. The van der Waals surface area contributed by atoms with Crippen LogP contribution in [0.5, 0.6) is 11.5 Å². The third-order valence-corrected chi connectivity index (χ3v) is 6.49. The minimum Gasteiger partial charge on any atom is -0.488 e. The lowest BCUT2D eigenvalue weighted by molar-refractivity contribution is -0.00668. The normalized spacial score (nSPS) is 28.9. The van der Waals surface area contributed by atoms with E-state index >= 15 is 0 Å². The average Bonchev–Trinajstić information content (AvgIpc) is 3.06. The first-order valence-corrected chi connectivity index (χ1v) is 10.7. The number of hydrogen-bond donors (Lipinski definition) is 0. The molecule has 3 aliphatic rings. The Morgan fingerprint density at radius 3 is 2.60 bits per heavy atom. The zero-order chi connectivity index (χ0) is 21.3. The van der Waals surface area contributed by atoms with Gasteiger partial charge in [-0.15, -0.1) is 0 Å². The van der Waals surface area contributed by atoms with Crippen LogP contribution in [0.25, 0.3) is 0 Å². The molecule has 0 N–H and O–H groups in total. The number of allylic oxidation sites excluding steroid dienone is 2. The number of methoxy groups -OCH3 is 2. The van der Waals surface area contributed by atoms with Crippen molar-refractivity contribution >= 4 is 15.9 Å². The van der Waals surface area contributed by atoms with Crippen molar-refractivity contribution in [3.8, 4) is 11.5 Å². The van der Waals surface area contributed by atoms with Crippen LogP contribution in [-0.4, -0.2) is 39.8 Å². The molecule has 0 aromatic heterocycles. The van der Waals surface area contributed by atoms with Gasteiger partial charge in [-0.05, 0) is 52.6 Å². The van der Waals surface area contributed by atoms with Crippen molar-refractivity contribution in [3.63, 3.8) is 0 Å². The number of rotatable bonds is 7. The molecular formula is C22H25BrF2O5. The molecule has 1 aromatic carbocycles. The van der Waals surface area contributed by atoms with E-state index in [1.54, 1.807) is 13.2 Å². The maximum atomic E-state index is 14.5. The third-order valence-electron chi connectivity index (χ3n) is 5.90. The molecule has 1 unspecified atom stereocenters. The molecule has 4 atom stereocenters. The molecule has 30 heavy (non-hydrogen) atoms. The summed E-state index contributed by atoms with van der Waals surface area (Å²) in [4.78, 5) is 0. The van der Waals surface area contributed by atoms with Gasteiger partial charge in [-0.2, -0.15) is 0 Å². The molecule has 1 heterocycles. The minimum absolute atomic E-state index is 0.00855.